The molecular formula is C65H41N5O. The van der Waals surface area contributed by atoms with Crippen LogP contribution in [0.2, 0.25) is 0 Å². The first-order chi connectivity index (χ1) is 35.1. The molecule has 2 aromatic heterocycles. The molecule has 1 aliphatic heterocycles. The Balaban J connectivity index is 0.957. The number of aromatic nitrogens is 4. The standard InChI is InChI=1S/C65H41N5O/c1-66-52-34-36-59-55(42-52)54-39-47(31-35-58(54)70(59)53-25-15-6-16-26-53)49-33-38-61-57(41-49)65(50-21-11-4-12-22-50,51-23-13-5-14-24-51)56-40-48(32-37-60(56)71-61)43-27-29-46(30-28-43)64-68-62(44-17-7-2-8-18-44)67-63(69-64)45-19-9-3-10-20-45/h2-42H. The summed E-state index contributed by atoms with van der Waals surface area (Å²) in [7, 11) is 0. The van der Waals surface area contributed by atoms with Crippen LogP contribution in [0.1, 0.15) is 22.3 Å². The molecule has 332 valence electrons. The van der Waals surface area contributed by atoms with Crippen molar-refractivity contribution in [2.75, 3.05) is 0 Å². The summed E-state index contributed by atoms with van der Waals surface area (Å²) in [6, 6.07) is 86.6. The van der Waals surface area contributed by atoms with Gasteiger partial charge in [0.05, 0.1) is 23.0 Å². The predicted molar refractivity (Wildman–Crippen MR) is 286 cm³/mol. The maximum absolute atomic E-state index is 7.86. The van der Waals surface area contributed by atoms with Gasteiger partial charge in [-0.3, -0.25) is 0 Å². The van der Waals surface area contributed by atoms with Gasteiger partial charge in [-0.2, -0.15) is 0 Å². The van der Waals surface area contributed by atoms with E-state index < -0.39 is 5.41 Å². The number of benzene rings is 10. The summed E-state index contributed by atoms with van der Waals surface area (Å²) in [5, 5.41) is 2.13. The zero-order valence-electron chi connectivity index (χ0n) is 38.3. The van der Waals surface area contributed by atoms with Crippen molar-refractivity contribution >= 4 is 27.5 Å². The van der Waals surface area contributed by atoms with E-state index in [4.69, 9.17) is 26.3 Å². The lowest BCUT2D eigenvalue weighted by atomic mass is 9.63. The zero-order valence-corrected chi connectivity index (χ0v) is 38.3. The smallest absolute Gasteiger partial charge is 0.188 e. The summed E-state index contributed by atoms with van der Waals surface area (Å²) < 4.78 is 9.27. The van der Waals surface area contributed by atoms with Crippen LogP contribution in [0.25, 0.3) is 88.8 Å². The number of nitrogens with zero attached hydrogens (tertiary/aromatic N) is 5. The lowest BCUT2D eigenvalue weighted by molar-refractivity contribution is 0.435. The highest BCUT2D eigenvalue weighted by atomic mass is 16.5. The van der Waals surface area contributed by atoms with Gasteiger partial charge in [0.1, 0.15) is 11.5 Å². The van der Waals surface area contributed by atoms with Gasteiger partial charge < -0.3 is 9.30 Å². The Hall–Kier alpha value is -9.70. The van der Waals surface area contributed by atoms with Crippen molar-refractivity contribution in [1.29, 1.82) is 0 Å². The molecule has 3 heterocycles. The van der Waals surface area contributed by atoms with Crippen molar-refractivity contribution < 1.29 is 4.74 Å². The third-order valence-electron chi connectivity index (χ3n) is 13.8. The minimum absolute atomic E-state index is 0.608. The second-order valence-electron chi connectivity index (χ2n) is 17.8. The van der Waals surface area contributed by atoms with Crippen LogP contribution in [-0.2, 0) is 5.41 Å². The van der Waals surface area contributed by atoms with Crippen LogP contribution in [0.3, 0.4) is 0 Å². The van der Waals surface area contributed by atoms with E-state index in [-0.39, 0.29) is 0 Å². The molecule has 0 atom stereocenters. The molecule has 0 bridgehead atoms. The van der Waals surface area contributed by atoms with Crippen LogP contribution >= 0.6 is 0 Å². The molecule has 0 spiro atoms. The lowest BCUT2D eigenvalue weighted by Gasteiger charge is -2.42. The molecule has 0 aliphatic carbocycles. The molecule has 6 nitrogen and oxygen atoms in total. The van der Waals surface area contributed by atoms with E-state index in [1.54, 1.807) is 0 Å². The van der Waals surface area contributed by atoms with Gasteiger partial charge in [0.15, 0.2) is 23.2 Å². The highest BCUT2D eigenvalue weighted by molar-refractivity contribution is 6.11. The van der Waals surface area contributed by atoms with Crippen LogP contribution in [0.15, 0.2) is 249 Å². The Bertz CT molecular complexity index is 3900. The molecule has 71 heavy (non-hydrogen) atoms. The van der Waals surface area contributed by atoms with Crippen molar-refractivity contribution in [1.82, 2.24) is 19.5 Å². The molecule has 0 amide bonds. The first-order valence-corrected chi connectivity index (χ1v) is 23.7. The summed E-state index contributed by atoms with van der Waals surface area (Å²) in [6.07, 6.45) is 0. The second kappa shape index (κ2) is 17.1. The van der Waals surface area contributed by atoms with Crippen molar-refractivity contribution in [3.8, 4) is 73.6 Å². The van der Waals surface area contributed by atoms with Crippen LogP contribution in [0.5, 0.6) is 11.5 Å². The fourth-order valence-electron chi connectivity index (χ4n) is 10.5. The average Bonchev–Trinajstić information content (AvgIpc) is 3.78. The van der Waals surface area contributed by atoms with Crippen LogP contribution in [0.4, 0.5) is 5.69 Å². The van der Waals surface area contributed by atoms with Crippen molar-refractivity contribution in [3.05, 3.63) is 282 Å². The number of rotatable bonds is 8. The van der Waals surface area contributed by atoms with Crippen molar-refractivity contribution in [2.45, 2.75) is 5.41 Å². The van der Waals surface area contributed by atoms with Gasteiger partial charge in [-0.25, -0.2) is 19.8 Å². The Morgan fingerprint density at radius 3 is 1.28 bits per heavy atom. The van der Waals surface area contributed by atoms with E-state index in [1.165, 1.54) is 0 Å². The fourth-order valence-corrected chi connectivity index (χ4v) is 10.5. The van der Waals surface area contributed by atoms with Crippen LogP contribution < -0.4 is 4.74 Å². The summed E-state index contributed by atoms with van der Waals surface area (Å²) >= 11 is 0. The maximum Gasteiger partial charge on any atom is 0.188 e. The van der Waals surface area contributed by atoms with Gasteiger partial charge in [0.2, 0.25) is 0 Å². The van der Waals surface area contributed by atoms with Gasteiger partial charge in [-0.15, -0.1) is 0 Å². The van der Waals surface area contributed by atoms with E-state index in [0.717, 1.165) is 100 Å². The Morgan fingerprint density at radius 2 is 0.761 bits per heavy atom. The zero-order chi connectivity index (χ0) is 47.3. The minimum atomic E-state index is -0.762. The molecule has 0 N–H and O–H groups in total. The van der Waals surface area contributed by atoms with Gasteiger partial charge in [0.25, 0.3) is 0 Å². The van der Waals surface area contributed by atoms with Crippen molar-refractivity contribution in [3.63, 3.8) is 0 Å². The first-order valence-electron chi connectivity index (χ1n) is 23.7. The number of para-hydroxylation sites is 1. The average molecular weight is 908 g/mol. The van der Waals surface area contributed by atoms with Crippen molar-refractivity contribution in [2.24, 2.45) is 0 Å². The van der Waals surface area contributed by atoms with E-state index in [9.17, 15) is 0 Å². The van der Waals surface area contributed by atoms with Crippen LogP contribution in [0, 0.1) is 6.57 Å². The molecule has 13 rings (SSSR count). The SMILES string of the molecule is [C-]#[N+]c1ccc2c(c1)c1cc(-c3ccc4c(c3)C(c3ccccc3)(c3ccccc3)c3cc(-c5ccc(-c6nc(-c7ccccc7)nc(-c7ccccc7)n6)cc5)ccc3O4)ccc1n2-c1ccccc1. The molecule has 0 fully saturated rings. The fraction of sp³-hybridized carbons (Fsp3) is 0.0154. The Morgan fingerprint density at radius 1 is 0.366 bits per heavy atom. The normalized spacial score (nSPS) is 12.4. The molecule has 10 aromatic carbocycles. The quantitative estimate of drug-likeness (QED) is 0.143. The lowest BCUT2D eigenvalue weighted by Crippen LogP contribution is -2.34. The number of fused-ring (bicyclic) bond motifs is 5. The highest BCUT2D eigenvalue weighted by Gasteiger charge is 2.45. The van der Waals surface area contributed by atoms with Gasteiger partial charge in [-0.1, -0.05) is 188 Å². The largest absolute Gasteiger partial charge is 0.457 e. The van der Waals surface area contributed by atoms with Gasteiger partial charge in [-0.05, 0) is 99.4 Å². The number of ether oxygens (including phenoxy) is 1. The Labute approximate surface area is 411 Å². The maximum atomic E-state index is 7.86. The molecule has 0 saturated heterocycles. The molecule has 12 aromatic rings. The van der Waals surface area contributed by atoms with E-state index in [2.05, 4.69) is 179 Å². The number of hydrogen-bond donors (Lipinski definition) is 0. The van der Waals surface area contributed by atoms with E-state index in [0.29, 0.717) is 23.2 Å². The third-order valence-corrected chi connectivity index (χ3v) is 13.8. The summed E-state index contributed by atoms with van der Waals surface area (Å²) in [5.74, 6) is 3.46. The minimum Gasteiger partial charge on any atom is -0.457 e. The molecule has 0 radical (unpaired) electrons. The van der Waals surface area contributed by atoms with Gasteiger partial charge >= 0.3 is 0 Å². The summed E-state index contributed by atoms with van der Waals surface area (Å²) in [6.45, 7) is 7.86. The molecular weight excluding hydrogens is 867 g/mol. The Kier molecular flexibility index (Phi) is 10.0. The molecule has 0 saturated carbocycles. The van der Waals surface area contributed by atoms with Crippen LogP contribution in [-0.4, -0.2) is 19.5 Å². The third kappa shape index (κ3) is 7.07. The molecule has 6 heteroatoms. The van der Waals surface area contributed by atoms with E-state index >= 15 is 0 Å². The summed E-state index contributed by atoms with van der Waals surface area (Å²) in [4.78, 5) is 18.7. The first kappa shape index (κ1) is 41.5. The topological polar surface area (TPSA) is 57.2 Å². The number of hydrogen-bond acceptors (Lipinski definition) is 4. The summed E-state index contributed by atoms with van der Waals surface area (Å²) in [5.41, 5.74) is 14.4. The predicted octanol–water partition coefficient (Wildman–Crippen LogP) is 16.3. The van der Waals surface area contributed by atoms with E-state index in [1.807, 2.05) is 78.9 Å². The van der Waals surface area contributed by atoms with Gasteiger partial charge in [0, 0.05) is 38.9 Å². The highest BCUT2D eigenvalue weighted by Crippen LogP contribution is 2.57. The monoisotopic (exact) mass is 907 g/mol. The molecule has 0 unspecified atom stereocenters. The second-order valence-corrected chi connectivity index (χ2v) is 17.8. The molecule has 1 aliphatic rings.